The summed E-state index contributed by atoms with van der Waals surface area (Å²) in [5, 5.41) is 15.2. The van der Waals surface area contributed by atoms with Crippen molar-refractivity contribution in [2.75, 3.05) is 13.6 Å². The van der Waals surface area contributed by atoms with Gasteiger partial charge in [-0.3, -0.25) is 4.99 Å². The molecule has 0 aliphatic rings. The molecule has 0 bridgehead atoms. The van der Waals surface area contributed by atoms with Crippen LogP contribution in [0.1, 0.15) is 11.1 Å². The number of rotatable bonds is 7. The van der Waals surface area contributed by atoms with Crippen molar-refractivity contribution in [2.45, 2.75) is 13.0 Å². The summed E-state index contributed by atoms with van der Waals surface area (Å²) in [5.74, 6) is 1.56. The van der Waals surface area contributed by atoms with Crippen molar-refractivity contribution in [2.24, 2.45) is 4.99 Å². The van der Waals surface area contributed by atoms with Gasteiger partial charge in [-0.15, -0.1) is 24.0 Å². The van der Waals surface area contributed by atoms with E-state index in [-0.39, 0.29) is 24.0 Å². The van der Waals surface area contributed by atoms with Crippen LogP contribution in [0.15, 0.2) is 84.5 Å². The van der Waals surface area contributed by atoms with Crippen LogP contribution in [0.3, 0.4) is 0 Å². The molecular formula is C22H25IN8. The Morgan fingerprint density at radius 1 is 0.903 bits per heavy atom. The fourth-order valence-corrected chi connectivity index (χ4v) is 3.07. The molecule has 0 radical (unpaired) electrons. The van der Waals surface area contributed by atoms with Gasteiger partial charge in [-0.2, -0.15) is 10.2 Å². The van der Waals surface area contributed by atoms with Gasteiger partial charge in [0.05, 0.1) is 5.69 Å². The van der Waals surface area contributed by atoms with Gasteiger partial charge in [0.2, 0.25) is 0 Å². The molecule has 0 unspecified atom stereocenters. The van der Waals surface area contributed by atoms with Gasteiger partial charge in [0.25, 0.3) is 0 Å². The third kappa shape index (κ3) is 6.14. The smallest absolute Gasteiger partial charge is 0.191 e. The van der Waals surface area contributed by atoms with Crippen molar-refractivity contribution in [3.8, 4) is 11.5 Å². The molecule has 3 aromatic heterocycles. The summed E-state index contributed by atoms with van der Waals surface area (Å²) < 4.78 is 3.60. The molecule has 3 heterocycles. The summed E-state index contributed by atoms with van der Waals surface area (Å²) in [6.07, 6.45) is 10.0. The first-order valence-electron chi connectivity index (χ1n) is 9.80. The SMILES string of the molecule is CN=C(NCCc1ccc(-n2cccn2)cc1)NCc1ccnc(-n2cccn2)c1.I. The Labute approximate surface area is 198 Å². The fourth-order valence-electron chi connectivity index (χ4n) is 3.07. The van der Waals surface area contributed by atoms with Crippen LogP contribution in [0.4, 0.5) is 0 Å². The maximum absolute atomic E-state index is 4.36. The Balaban J connectivity index is 0.00000272. The summed E-state index contributed by atoms with van der Waals surface area (Å²) in [6, 6.07) is 16.2. The van der Waals surface area contributed by atoms with Crippen molar-refractivity contribution >= 4 is 29.9 Å². The molecule has 4 rings (SSSR count). The van der Waals surface area contributed by atoms with Gasteiger partial charge in [-0.1, -0.05) is 12.1 Å². The highest BCUT2D eigenvalue weighted by atomic mass is 127. The molecule has 160 valence electrons. The minimum absolute atomic E-state index is 0. The largest absolute Gasteiger partial charge is 0.356 e. The van der Waals surface area contributed by atoms with E-state index in [1.54, 1.807) is 30.3 Å². The molecule has 0 amide bonds. The number of nitrogens with zero attached hydrogens (tertiary/aromatic N) is 6. The normalized spacial score (nSPS) is 11.1. The van der Waals surface area contributed by atoms with E-state index in [0.717, 1.165) is 36.0 Å². The Kier molecular flexibility index (Phi) is 8.16. The van der Waals surface area contributed by atoms with E-state index in [1.807, 2.05) is 41.3 Å². The van der Waals surface area contributed by atoms with Crippen LogP contribution >= 0.6 is 24.0 Å². The van der Waals surface area contributed by atoms with E-state index in [2.05, 4.69) is 55.1 Å². The number of hydrogen-bond donors (Lipinski definition) is 2. The zero-order valence-electron chi connectivity index (χ0n) is 17.2. The number of halogens is 1. The molecule has 0 saturated heterocycles. The average Bonchev–Trinajstić information content (AvgIpc) is 3.51. The van der Waals surface area contributed by atoms with Crippen molar-refractivity contribution in [3.05, 3.63) is 90.6 Å². The summed E-state index contributed by atoms with van der Waals surface area (Å²) in [4.78, 5) is 8.66. The number of aromatic nitrogens is 5. The minimum atomic E-state index is 0. The van der Waals surface area contributed by atoms with Gasteiger partial charge >= 0.3 is 0 Å². The van der Waals surface area contributed by atoms with Crippen LogP contribution in [0, 0.1) is 0 Å². The lowest BCUT2D eigenvalue weighted by atomic mass is 10.1. The number of hydrogen-bond acceptors (Lipinski definition) is 4. The standard InChI is InChI=1S/C22H24N8.HI/c1-23-22(26-17-19-9-12-24-21(16-19)30-15-3-11-28-30)25-13-8-18-4-6-20(7-5-18)29-14-2-10-27-29;/h2-7,9-12,14-16H,8,13,17H2,1H3,(H2,23,25,26);1H. The lowest BCUT2D eigenvalue weighted by Crippen LogP contribution is -2.37. The molecule has 8 nitrogen and oxygen atoms in total. The highest BCUT2D eigenvalue weighted by Crippen LogP contribution is 2.09. The maximum Gasteiger partial charge on any atom is 0.191 e. The first kappa shape index (κ1) is 22.5. The second kappa shape index (κ2) is 11.3. The predicted molar refractivity (Wildman–Crippen MR) is 132 cm³/mol. The van der Waals surface area contributed by atoms with Gasteiger partial charge in [-0.05, 0) is 53.9 Å². The molecule has 0 saturated carbocycles. The summed E-state index contributed by atoms with van der Waals surface area (Å²) in [7, 11) is 1.77. The predicted octanol–water partition coefficient (Wildman–Crippen LogP) is 2.98. The molecule has 0 atom stereocenters. The summed E-state index contributed by atoms with van der Waals surface area (Å²) >= 11 is 0. The molecule has 31 heavy (non-hydrogen) atoms. The Bertz CT molecular complexity index is 1070. The fraction of sp³-hybridized carbons (Fsp3) is 0.182. The maximum atomic E-state index is 4.36. The molecule has 0 fully saturated rings. The number of benzene rings is 1. The highest BCUT2D eigenvalue weighted by molar-refractivity contribution is 14.0. The van der Waals surface area contributed by atoms with Gasteiger partial charge in [0, 0.05) is 51.1 Å². The molecule has 0 spiro atoms. The van der Waals surface area contributed by atoms with Gasteiger partial charge < -0.3 is 10.6 Å². The molecule has 2 N–H and O–H groups in total. The highest BCUT2D eigenvalue weighted by Gasteiger charge is 2.03. The van der Waals surface area contributed by atoms with Crippen LogP contribution in [-0.4, -0.2) is 44.1 Å². The molecule has 1 aromatic carbocycles. The Morgan fingerprint density at radius 3 is 2.32 bits per heavy atom. The van der Waals surface area contributed by atoms with Crippen LogP contribution < -0.4 is 10.6 Å². The quantitative estimate of drug-likeness (QED) is 0.219. The second-order valence-corrected chi connectivity index (χ2v) is 6.69. The number of aliphatic imine (C=N–C) groups is 1. The van der Waals surface area contributed by atoms with Crippen molar-refractivity contribution < 1.29 is 0 Å². The van der Waals surface area contributed by atoms with E-state index < -0.39 is 0 Å². The van der Waals surface area contributed by atoms with Gasteiger partial charge in [0.15, 0.2) is 11.8 Å². The van der Waals surface area contributed by atoms with Crippen molar-refractivity contribution in [1.82, 2.24) is 35.2 Å². The van der Waals surface area contributed by atoms with E-state index in [9.17, 15) is 0 Å². The third-order valence-electron chi connectivity index (χ3n) is 4.64. The zero-order chi connectivity index (χ0) is 20.6. The lowest BCUT2D eigenvalue weighted by Gasteiger charge is -2.12. The number of guanidine groups is 1. The van der Waals surface area contributed by atoms with E-state index >= 15 is 0 Å². The first-order valence-corrected chi connectivity index (χ1v) is 9.80. The molecular weight excluding hydrogens is 503 g/mol. The first-order chi connectivity index (χ1) is 14.8. The third-order valence-corrected chi connectivity index (χ3v) is 4.64. The van der Waals surface area contributed by atoms with E-state index in [0.29, 0.717) is 6.54 Å². The average molecular weight is 528 g/mol. The minimum Gasteiger partial charge on any atom is -0.356 e. The Morgan fingerprint density at radius 2 is 1.65 bits per heavy atom. The van der Waals surface area contributed by atoms with E-state index in [1.165, 1.54) is 5.56 Å². The van der Waals surface area contributed by atoms with E-state index in [4.69, 9.17) is 0 Å². The second-order valence-electron chi connectivity index (χ2n) is 6.69. The van der Waals surface area contributed by atoms with Crippen molar-refractivity contribution in [1.29, 1.82) is 0 Å². The monoisotopic (exact) mass is 528 g/mol. The van der Waals surface area contributed by atoms with Crippen LogP contribution in [-0.2, 0) is 13.0 Å². The van der Waals surface area contributed by atoms with Crippen LogP contribution in [0.2, 0.25) is 0 Å². The molecule has 0 aliphatic carbocycles. The van der Waals surface area contributed by atoms with Crippen molar-refractivity contribution in [3.63, 3.8) is 0 Å². The van der Waals surface area contributed by atoms with Gasteiger partial charge in [-0.25, -0.2) is 14.3 Å². The van der Waals surface area contributed by atoms with Crippen LogP contribution in [0.5, 0.6) is 0 Å². The Hall–Kier alpha value is -3.21. The summed E-state index contributed by atoms with van der Waals surface area (Å²) in [5.41, 5.74) is 3.42. The lowest BCUT2D eigenvalue weighted by molar-refractivity contribution is 0.789. The zero-order valence-corrected chi connectivity index (χ0v) is 19.5. The molecule has 9 heteroatoms. The van der Waals surface area contributed by atoms with Crippen LogP contribution in [0.25, 0.3) is 11.5 Å². The molecule has 0 aliphatic heterocycles. The number of nitrogens with one attached hydrogen (secondary N) is 2. The van der Waals surface area contributed by atoms with Gasteiger partial charge in [0.1, 0.15) is 0 Å². The molecule has 4 aromatic rings. The number of pyridine rings is 1. The topological polar surface area (TPSA) is 85.0 Å². The summed E-state index contributed by atoms with van der Waals surface area (Å²) in [6.45, 7) is 1.44.